The van der Waals surface area contributed by atoms with Crippen molar-refractivity contribution in [3.05, 3.63) is 69.8 Å². The summed E-state index contributed by atoms with van der Waals surface area (Å²) in [5.41, 5.74) is 1.63. The first-order chi connectivity index (χ1) is 10.6. The van der Waals surface area contributed by atoms with Crippen LogP contribution in [-0.2, 0) is 4.79 Å². The molecule has 1 aliphatic heterocycles. The second kappa shape index (κ2) is 6.08. The van der Waals surface area contributed by atoms with Crippen molar-refractivity contribution in [3.8, 4) is 0 Å². The summed E-state index contributed by atoms with van der Waals surface area (Å²) >= 11 is 17.5. The fraction of sp³-hybridized carbons (Fsp3) is 0. The summed E-state index contributed by atoms with van der Waals surface area (Å²) in [5, 5.41) is 4.17. The molecule has 2 aromatic carbocycles. The van der Waals surface area contributed by atoms with Gasteiger partial charge in [0.2, 0.25) is 0 Å². The maximum Gasteiger partial charge on any atom is 0.281 e. The van der Waals surface area contributed by atoms with Gasteiger partial charge in [-0.1, -0.05) is 47.5 Å². The van der Waals surface area contributed by atoms with Crippen molar-refractivity contribution in [1.82, 2.24) is 5.32 Å². The van der Waals surface area contributed by atoms with Gasteiger partial charge in [-0.25, -0.2) is 0 Å². The molecule has 0 unspecified atom stereocenters. The van der Waals surface area contributed by atoms with Crippen molar-refractivity contribution in [2.24, 2.45) is 0 Å². The molecule has 0 saturated carbocycles. The molecule has 22 heavy (non-hydrogen) atoms. The van der Waals surface area contributed by atoms with Crippen LogP contribution in [0.3, 0.4) is 0 Å². The van der Waals surface area contributed by atoms with E-state index in [1.165, 1.54) is 4.90 Å². The maximum absolute atomic E-state index is 12.6. The van der Waals surface area contributed by atoms with Crippen LogP contribution in [0.1, 0.15) is 5.56 Å². The van der Waals surface area contributed by atoms with E-state index in [1.54, 1.807) is 24.3 Å². The Morgan fingerprint density at radius 3 is 2.27 bits per heavy atom. The average Bonchev–Trinajstić information content (AvgIpc) is 2.78. The van der Waals surface area contributed by atoms with E-state index in [2.05, 4.69) is 5.32 Å². The zero-order chi connectivity index (χ0) is 15.7. The lowest BCUT2D eigenvalue weighted by Gasteiger charge is -2.13. The van der Waals surface area contributed by atoms with Gasteiger partial charge in [-0.2, -0.15) is 0 Å². The van der Waals surface area contributed by atoms with Crippen molar-refractivity contribution in [2.75, 3.05) is 4.90 Å². The monoisotopic (exact) mass is 348 g/mol. The molecule has 1 amide bonds. The van der Waals surface area contributed by atoms with Gasteiger partial charge in [-0.3, -0.25) is 9.69 Å². The van der Waals surface area contributed by atoms with E-state index in [4.69, 9.17) is 35.4 Å². The zero-order valence-corrected chi connectivity index (χ0v) is 13.5. The Bertz CT molecular complexity index is 770. The minimum absolute atomic E-state index is 0.243. The van der Waals surface area contributed by atoms with Crippen LogP contribution in [0.15, 0.2) is 54.2 Å². The van der Waals surface area contributed by atoms with E-state index in [9.17, 15) is 4.79 Å². The number of carbonyl (C=O) groups excluding carboxylic acids is 1. The van der Waals surface area contributed by atoms with Gasteiger partial charge in [0, 0.05) is 15.6 Å². The SMILES string of the molecule is O=C1/C(=C\c2c(Cl)cccc2Cl)NC(=S)N1c1ccccc1. The van der Waals surface area contributed by atoms with Crippen molar-refractivity contribution in [2.45, 2.75) is 0 Å². The largest absolute Gasteiger partial charge is 0.327 e. The van der Waals surface area contributed by atoms with Gasteiger partial charge in [0.05, 0.1) is 5.69 Å². The molecule has 0 radical (unpaired) electrons. The molecule has 1 fully saturated rings. The van der Waals surface area contributed by atoms with Crippen LogP contribution in [-0.4, -0.2) is 11.0 Å². The second-order valence-electron chi connectivity index (χ2n) is 4.60. The molecule has 1 N–H and O–H groups in total. The number of benzene rings is 2. The molecule has 0 aliphatic carbocycles. The molecule has 0 atom stereocenters. The first-order valence-electron chi connectivity index (χ1n) is 6.44. The van der Waals surface area contributed by atoms with Crippen LogP contribution >= 0.6 is 35.4 Å². The van der Waals surface area contributed by atoms with Crippen LogP contribution in [0.2, 0.25) is 10.0 Å². The van der Waals surface area contributed by atoms with Crippen molar-refractivity contribution in [1.29, 1.82) is 0 Å². The Morgan fingerprint density at radius 2 is 1.64 bits per heavy atom. The molecule has 3 nitrogen and oxygen atoms in total. The molecule has 1 saturated heterocycles. The number of hydrogen-bond acceptors (Lipinski definition) is 2. The molecular weight excluding hydrogens is 339 g/mol. The van der Waals surface area contributed by atoms with E-state index >= 15 is 0 Å². The maximum atomic E-state index is 12.6. The molecule has 0 spiro atoms. The van der Waals surface area contributed by atoms with Crippen LogP contribution in [0, 0.1) is 0 Å². The number of nitrogens with zero attached hydrogens (tertiary/aromatic N) is 1. The number of para-hydroxylation sites is 1. The third kappa shape index (κ3) is 2.73. The Balaban J connectivity index is 2.00. The van der Waals surface area contributed by atoms with Crippen molar-refractivity contribution in [3.63, 3.8) is 0 Å². The number of amides is 1. The van der Waals surface area contributed by atoms with Crippen LogP contribution in [0.4, 0.5) is 5.69 Å². The molecule has 3 rings (SSSR count). The predicted octanol–water partition coefficient (Wildman–Crippen LogP) is 4.26. The number of rotatable bonds is 2. The molecule has 6 heteroatoms. The minimum Gasteiger partial charge on any atom is -0.327 e. The summed E-state index contributed by atoms with van der Waals surface area (Å²) in [6.45, 7) is 0. The van der Waals surface area contributed by atoms with E-state index in [0.29, 0.717) is 32.1 Å². The fourth-order valence-corrected chi connectivity index (χ4v) is 2.94. The lowest BCUT2D eigenvalue weighted by molar-refractivity contribution is -0.113. The highest BCUT2D eigenvalue weighted by Crippen LogP contribution is 2.28. The first kappa shape index (κ1) is 15.0. The summed E-state index contributed by atoms with van der Waals surface area (Å²) in [4.78, 5) is 14.0. The topological polar surface area (TPSA) is 32.3 Å². The second-order valence-corrected chi connectivity index (χ2v) is 5.80. The molecule has 0 bridgehead atoms. The van der Waals surface area contributed by atoms with E-state index in [0.717, 1.165) is 0 Å². The molecule has 1 heterocycles. The predicted molar refractivity (Wildman–Crippen MR) is 94.1 cm³/mol. The molecule has 2 aromatic rings. The van der Waals surface area contributed by atoms with E-state index in [-0.39, 0.29) is 5.91 Å². The van der Waals surface area contributed by atoms with E-state index < -0.39 is 0 Å². The number of carbonyl (C=O) groups is 1. The quantitative estimate of drug-likeness (QED) is 0.650. The normalized spacial score (nSPS) is 16.3. The van der Waals surface area contributed by atoms with Crippen LogP contribution < -0.4 is 10.2 Å². The lowest BCUT2D eigenvalue weighted by atomic mass is 10.2. The lowest BCUT2D eigenvalue weighted by Crippen LogP contribution is -2.30. The fourth-order valence-electron chi connectivity index (χ4n) is 2.14. The third-order valence-corrected chi connectivity index (χ3v) is 4.12. The zero-order valence-electron chi connectivity index (χ0n) is 11.2. The Morgan fingerprint density at radius 1 is 1.00 bits per heavy atom. The highest BCUT2D eigenvalue weighted by atomic mass is 35.5. The molecule has 0 aromatic heterocycles. The van der Waals surface area contributed by atoms with Gasteiger partial charge < -0.3 is 5.32 Å². The van der Waals surface area contributed by atoms with Gasteiger partial charge in [0.25, 0.3) is 5.91 Å². The van der Waals surface area contributed by atoms with Gasteiger partial charge in [0.1, 0.15) is 5.70 Å². The van der Waals surface area contributed by atoms with Crippen LogP contribution in [0.5, 0.6) is 0 Å². The number of halogens is 2. The standard InChI is InChI=1S/C16H10Cl2N2OS/c17-12-7-4-8-13(18)11(12)9-14-15(21)20(16(22)19-14)10-5-2-1-3-6-10/h1-9H,(H,19,22)/b14-9+. The average molecular weight is 349 g/mol. The minimum atomic E-state index is -0.243. The van der Waals surface area contributed by atoms with Gasteiger partial charge >= 0.3 is 0 Å². The van der Waals surface area contributed by atoms with Gasteiger partial charge in [-0.15, -0.1) is 0 Å². The van der Waals surface area contributed by atoms with Gasteiger partial charge in [-0.05, 0) is 42.6 Å². The van der Waals surface area contributed by atoms with E-state index in [1.807, 2.05) is 30.3 Å². The summed E-state index contributed by atoms with van der Waals surface area (Å²) in [7, 11) is 0. The summed E-state index contributed by atoms with van der Waals surface area (Å²) < 4.78 is 0. The number of hydrogen-bond donors (Lipinski definition) is 1. The highest BCUT2D eigenvalue weighted by Gasteiger charge is 2.32. The van der Waals surface area contributed by atoms with Gasteiger partial charge in [0.15, 0.2) is 5.11 Å². The molecule has 110 valence electrons. The molecular formula is C16H10Cl2N2OS. The van der Waals surface area contributed by atoms with Crippen molar-refractivity contribution >= 4 is 58.2 Å². The number of nitrogens with one attached hydrogen (secondary N) is 1. The number of anilines is 1. The first-order valence-corrected chi connectivity index (χ1v) is 7.60. The smallest absolute Gasteiger partial charge is 0.281 e. The summed E-state index contributed by atoms with van der Waals surface area (Å²) in [6, 6.07) is 14.4. The third-order valence-electron chi connectivity index (χ3n) is 3.18. The summed E-state index contributed by atoms with van der Waals surface area (Å²) in [5.74, 6) is -0.243. The Hall–Kier alpha value is -1.88. The highest BCUT2D eigenvalue weighted by molar-refractivity contribution is 7.80. The Kier molecular flexibility index (Phi) is 4.16. The summed E-state index contributed by atoms with van der Waals surface area (Å²) in [6.07, 6.45) is 1.61. The Labute approximate surface area is 143 Å². The molecule has 1 aliphatic rings. The van der Waals surface area contributed by atoms with Crippen LogP contribution in [0.25, 0.3) is 6.08 Å². The van der Waals surface area contributed by atoms with Crippen molar-refractivity contribution < 1.29 is 4.79 Å². The number of thiocarbonyl (C=S) groups is 1.